The molecule has 0 spiro atoms. The minimum absolute atomic E-state index is 0.476. The lowest BCUT2D eigenvalue weighted by molar-refractivity contribution is 0.415. The van der Waals surface area contributed by atoms with Crippen LogP contribution < -0.4 is 15.8 Å². The number of anilines is 2. The van der Waals surface area contributed by atoms with Crippen LogP contribution in [0.2, 0.25) is 0 Å². The lowest BCUT2D eigenvalue weighted by Crippen LogP contribution is -2.07. The molecule has 5 heteroatoms. The summed E-state index contributed by atoms with van der Waals surface area (Å²) in [6.07, 6.45) is 2.35. The van der Waals surface area contributed by atoms with Gasteiger partial charge in [0.1, 0.15) is 11.6 Å². The van der Waals surface area contributed by atoms with E-state index in [0.717, 1.165) is 17.0 Å². The summed E-state index contributed by atoms with van der Waals surface area (Å²) >= 11 is 0. The fourth-order valence-corrected chi connectivity index (χ4v) is 1.85. The molecule has 5 nitrogen and oxygen atoms in total. The van der Waals surface area contributed by atoms with Crippen LogP contribution in [0.1, 0.15) is 12.8 Å². The van der Waals surface area contributed by atoms with Crippen molar-refractivity contribution < 1.29 is 4.74 Å². The molecular formula is C14H16N4O. The predicted octanol–water partition coefficient (Wildman–Crippen LogP) is 2.31. The fourth-order valence-electron chi connectivity index (χ4n) is 1.85. The van der Waals surface area contributed by atoms with Gasteiger partial charge in [0.25, 0.3) is 0 Å². The van der Waals surface area contributed by atoms with Crippen molar-refractivity contribution in [3.8, 4) is 17.0 Å². The zero-order valence-electron chi connectivity index (χ0n) is 10.8. The molecule has 0 atom stereocenters. The first-order chi connectivity index (χ1) is 9.24. The van der Waals surface area contributed by atoms with E-state index in [1.807, 2.05) is 24.3 Å². The van der Waals surface area contributed by atoms with E-state index >= 15 is 0 Å². The maximum atomic E-state index is 5.83. The highest BCUT2D eigenvalue weighted by molar-refractivity contribution is 5.64. The van der Waals surface area contributed by atoms with Crippen molar-refractivity contribution >= 4 is 11.8 Å². The zero-order chi connectivity index (χ0) is 13.2. The first kappa shape index (κ1) is 11.8. The SMILES string of the molecule is COc1ccc(-c2cc(N)nc(NC3CC3)n2)cc1. The van der Waals surface area contributed by atoms with Crippen LogP contribution in [0.15, 0.2) is 30.3 Å². The standard InChI is InChI=1S/C14H16N4O/c1-19-11-6-2-9(3-7-11)12-8-13(15)18-14(17-12)16-10-4-5-10/h2-3,6-8,10H,4-5H2,1H3,(H3,15,16,17,18). The number of hydrogen-bond acceptors (Lipinski definition) is 5. The number of nitrogens with two attached hydrogens (primary N) is 1. The molecular weight excluding hydrogens is 240 g/mol. The molecule has 0 aliphatic heterocycles. The maximum Gasteiger partial charge on any atom is 0.225 e. The number of benzene rings is 1. The van der Waals surface area contributed by atoms with Crippen LogP contribution in [0.25, 0.3) is 11.3 Å². The number of nitrogens with one attached hydrogen (secondary N) is 1. The quantitative estimate of drug-likeness (QED) is 0.878. The highest BCUT2D eigenvalue weighted by atomic mass is 16.5. The summed E-state index contributed by atoms with van der Waals surface area (Å²) in [5.41, 5.74) is 7.65. The number of methoxy groups -OCH3 is 1. The van der Waals surface area contributed by atoms with E-state index in [-0.39, 0.29) is 0 Å². The van der Waals surface area contributed by atoms with Crippen LogP contribution in [-0.2, 0) is 0 Å². The van der Waals surface area contributed by atoms with Gasteiger partial charge in [0.05, 0.1) is 12.8 Å². The molecule has 2 aromatic rings. The average Bonchev–Trinajstić information content (AvgIpc) is 3.22. The second-order valence-corrected chi connectivity index (χ2v) is 4.65. The number of rotatable bonds is 4. The van der Waals surface area contributed by atoms with Gasteiger partial charge < -0.3 is 15.8 Å². The fraction of sp³-hybridized carbons (Fsp3) is 0.286. The lowest BCUT2D eigenvalue weighted by atomic mass is 10.1. The van der Waals surface area contributed by atoms with Gasteiger partial charge in [0.15, 0.2) is 0 Å². The van der Waals surface area contributed by atoms with E-state index in [0.29, 0.717) is 17.8 Å². The minimum Gasteiger partial charge on any atom is -0.497 e. The molecule has 98 valence electrons. The second kappa shape index (κ2) is 4.76. The number of hydrogen-bond donors (Lipinski definition) is 2. The van der Waals surface area contributed by atoms with Gasteiger partial charge in [-0.05, 0) is 37.1 Å². The molecule has 1 fully saturated rings. The van der Waals surface area contributed by atoms with E-state index in [1.54, 1.807) is 13.2 Å². The summed E-state index contributed by atoms with van der Waals surface area (Å²) in [7, 11) is 1.65. The van der Waals surface area contributed by atoms with E-state index in [1.165, 1.54) is 12.8 Å². The highest BCUT2D eigenvalue weighted by Gasteiger charge is 2.22. The second-order valence-electron chi connectivity index (χ2n) is 4.65. The van der Waals surface area contributed by atoms with E-state index in [2.05, 4.69) is 15.3 Å². The molecule has 1 aromatic heterocycles. The monoisotopic (exact) mass is 256 g/mol. The molecule has 1 aliphatic rings. The van der Waals surface area contributed by atoms with E-state index in [9.17, 15) is 0 Å². The lowest BCUT2D eigenvalue weighted by Gasteiger charge is -2.08. The predicted molar refractivity (Wildman–Crippen MR) is 75.1 cm³/mol. The Morgan fingerprint density at radius 2 is 1.95 bits per heavy atom. The van der Waals surface area contributed by atoms with E-state index < -0.39 is 0 Å². The van der Waals surface area contributed by atoms with Crippen LogP contribution >= 0.6 is 0 Å². The molecule has 0 amide bonds. The minimum atomic E-state index is 0.476. The number of nitrogens with zero attached hydrogens (tertiary/aromatic N) is 2. The molecule has 0 radical (unpaired) electrons. The van der Waals surface area contributed by atoms with Crippen LogP contribution in [0.4, 0.5) is 11.8 Å². The topological polar surface area (TPSA) is 73.1 Å². The van der Waals surface area contributed by atoms with Crippen molar-refractivity contribution in [2.75, 3.05) is 18.2 Å². The van der Waals surface area contributed by atoms with Crippen molar-refractivity contribution in [1.82, 2.24) is 9.97 Å². The third-order valence-corrected chi connectivity index (χ3v) is 3.04. The number of aromatic nitrogens is 2. The van der Waals surface area contributed by atoms with Gasteiger partial charge in [0, 0.05) is 17.7 Å². The maximum absolute atomic E-state index is 5.83. The third-order valence-electron chi connectivity index (χ3n) is 3.04. The van der Waals surface area contributed by atoms with Crippen LogP contribution in [0.5, 0.6) is 5.75 Å². The van der Waals surface area contributed by atoms with Crippen LogP contribution in [0.3, 0.4) is 0 Å². The summed E-state index contributed by atoms with van der Waals surface area (Å²) in [5, 5.41) is 3.26. The number of ether oxygens (including phenoxy) is 1. The summed E-state index contributed by atoms with van der Waals surface area (Å²) in [4.78, 5) is 8.70. The molecule has 0 unspecified atom stereocenters. The van der Waals surface area contributed by atoms with Crippen molar-refractivity contribution in [3.63, 3.8) is 0 Å². The van der Waals surface area contributed by atoms with Gasteiger partial charge >= 0.3 is 0 Å². The molecule has 1 aliphatic carbocycles. The summed E-state index contributed by atoms with van der Waals surface area (Å²) in [6, 6.07) is 10.0. The molecule has 3 N–H and O–H groups in total. The molecule has 0 saturated heterocycles. The van der Waals surface area contributed by atoms with E-state index in [4.69, 9.17) is 10.5 Å². The Morgan fingerprint density at radius 1 is 1.21 bits per heavy atom. The third kappa shape index (κ3) is 2.76. The Balaban J connectivity index is 1.91. The Morgan fingerprint density at radius 3 is 2.58 bits per heavy atom. The normalized spacial score (nSPS) is 14.2. The van der Waals surface area contributed by atoms with Crippen LogP contribution in [-0.4, -0.2) is 23.1 Å². The van der Waals surface area contributed by atoms with Crippen molar-refractivity contribution in [1.29, 1.82) is 0 Å². The average molecular weight is 256 g/mol. The van der Waals surface area contributed by atoms with Gasteiger partial charge in [0.2, 0.25) is 5.95 Å². The van der Waals surface area contributed by atoms with Gasteiger partial charge in [-0.2, -0.15) is 4.98 Å². The Bertz CT molecular complexity index is 578. The molecule has 1 heterocycles. The summed E-state index contributed by atoms with van der Waals surface area (Å²) in [6.45, 7) is 0. The summed E-state index contributed by atoms with van der Waals surface area (Å²) in [5.74, 6) is 1.90. The molecule has 3 rings (SSSR count). The van der Waals surface area contributed by atoms with Crippen molar-refractivity contribution in [2.45, 2.75) is 18.9 Å². The number of nitrogen functional groups attached to an aromatic ring is 1. The zero-order valence-corrected chi connectivity index (χ0v) is 10.8. The van der Waals surface area contributed by atoms with Crippen LogP contribution in [0, 0.1) is 0 Å². The van der Waals surface area contributed by atoms with Gasteiger partial charge in [-0.25, -0.2) is 4.98 Å². The largest absolute Gasteiger partial charge is 0.497 e. The molecule has 19 heavy (non-hydrogen) atoms. The first-order valence-corrected chi connectivity index (χ1v) is 6.30. The molecule has 1 saturated carbocycles. The van der Waals surface area contributed by atoms with Crippen molar-refractivity contribution in [2.24, 2.45) is 0 Å². The first-order valence-electron chi connectivity index (χ1n) is 6.30. The Labute approximate surface area is 111 Å². The smallest absolute Gasteiger partial charge is 0.225 e. The highest BCUT2D eigenvalue weighted by Crippen LogP contribution is 2.26. The Kier molecular flexibility index (Phi) is 2.95. The molecule has 1 aromatic carbocycles. The molecule has 0 bridgehead atoms. The van der Waals surface area contributed by atoms with Gasteiger partial charge in [-0.15, -0.1) is 0 Å². The van der Waals surface area contributed by atoms with Gasteiger partial charge in [-0.3, -0.25) is 0 Å². The summed E-state index contributed by atoms with van der Waals surface area (Å²) < 4.78 is 5.14. The van der Waals surface area contributed by atoms with Crippen molar-refractivity contribution in [3.05, 3.63) is 30.3 Å². The Hall–Kier alpha value is -2.30. The van der Waals surface area contributed by atoms with Gasteiger partial charge in [-0.1, -0.05) is 0 Å².